The first-order chi connectivity index (χ1) is 14.1. The van der Waals surface area contributed by atoms with Crippen LogP contribution in [-0.2, 0) is 22.4 Å². The van der Waals surface area contributed by atoms with E-state index >= 15 is 0 Å². The van der Waals surface area contributed by atoms with E-state index in [9.17, 15) is 9.59 Å². The van der Waals surface area contributed by atoms with Crippen LogP contribution in [0.25, 0.3) is 21.7 Å². The van der Waals surface area contributed by atoms with Crippen molar-refractivity contribution in [2.45, 2.75) is 31.3 Å². The molecule has 0 atom stereocenters. The lowest BCUT2D eigenvalue weighted by atomic mass is 10.1. The van der Waals surface area contributed by atoms with Crippen LogP contribution in [-0.4, -0.2) is 38.0 Å². The summed E-state index contributed by atoms with van der Waals surface area (Å²) < 4.78 is 8.32. The van der Waals surface area contributed by atoms with Crippen LogP contribution in [0.5, 0.6) is 0 Å². The van der Waals surface area contributed by atoms with E-state index in [4.69, 9.17) is 4.74 Å². The van der Waals surface area contributed by atoms with Crippen molar-refractivity contribution in [1.29, 1.82) is 0 Å². The third kappa shape index (κ3) is 2.79. The minimum absolute atomic E-state index is 0.0573. The molecule has 1 aliphatic carbocycles. The van der Waals surface area contributed by atoms with Crippen molar-refractivity contribution in [2.24, 2.45) is 0 Å². The first kappa shape index (κ1) is 18.4. The van der Waals surface area contributed by atoms with Gasteiger partial charge in [-0.1, -0.05) is 30.0 Å². The number of nitrogens with zero attached hydrogens (tertiary/aromatic N) is 4. The van der Waals surface area contributed by atoms with Crippen LogP contribution in [0.1, 0.15) is 22.4 Å². The van der Waals surface area contributed by atoms with Crippen molar-refractivity contribution >= 4 is 45.1 Å². The van der Waals surface area contributed by atoms with Crippen LogP contribution >= 0.6 is 23.1 Å². The number of thiophene rings is 1. The van der Waals surface area contributed by atoms with Gasteiger partial charge in [-0.05, 0) is 43.4 Å². The minimum Gasteiger partial charge on any atom is -0.468 e. The zero-order valence-corrected chi connectivity index (χ0v) is 17.6. The summed E-state index contributed by atoms with van der Waals surface area (Å²) in [4.78, 5) is 27.4. The average molecular weight is 427 g/mol. The highest BCUT2D eigenvalue weighted by atomic mass is 32.2. The molecule has 0 unspecified atom stereocenters. The number of benzene rings is 1. The van der Waals surface area contributed by atoms with E-state index in [2.05, 4.69) is 10.2 Å². The van der Waals surface area contributed by atoms with Gasteiger partial charge in [0.1, 0.15) is 4.83 Å². The third-order valence-corrected chi connectivity index (χ3v) is 7.42. The van der Waals surface area contributed by atoms with E-state index in [1.807, 2.05) is 35.6 Å². The maximum Gasteiger partial charge on any atom is 0.316 e. The Balaban J connectivity index is 1.86. The van der Waals surface area contributed by atoms with E-state index in [1.165, 1.54) is 23.7 Å². The second kappa shape index (κ2) is 7.00. The number of esters is 1. The van der Waals surface area contributed by atoms with Gasteiger partial charge in [-0.25, -0.2) is 8.97 Å². The Morgan fingerprint density at radius 3 is 2.90 bits per heavy atom. The molecule has 1 aliphatic rings. The number of methoxy groups -OCH3 is 1. The lowest BCUT2D eigenvalue weighted by molar-refractivity contribution is -0.137. The summed E-state index contributed by atoms with van der Waals surface area (Å²) in [6.45, 7) is 1.98. The number of fused-ring (bicyclic) bond motifs is 5. The van der Waals surface area contributed by atoms with Crippen LogP contribution in [0.15, 0.2) is 34.2 Å². The van der Waals surface area contributed by atoms with Crippen molar-refractivity contribution in [3.8, 4) is 5.69 Å². The van der Waals surface area contributed by atoms with E-state index in [0.717, 1.165) is 46.3 Å². The highest BCUT2D eigenvalue weighted by molar-refractivity contribution is 7.99. The number of hydrogen-bond donors (Lipinski definition) is 0. The summed E-state index contributed by atoms with van der Waals surface area (Å²) >= 11 is 2.90. The molecule has 3 aromatic heterocycles. The topological polar surface area (TPSA) is 78.5 Å². The van der Waals surface area contributed by atoms with E-state index in [1.54, 1.807) is 15.9 Å². The van der Waals surface area contributed by atoms with Crippen LogP contribution in [0.4, 0.5) is 0 Å². The molecular formula is C20H18N4O3S2. The molecular weight excluding hydrogens is 408 g/mol. The van der Waals surface area contributed by atoms with Crippen LogP contribution in [0, 0.1) is 6.92 Å². The van der Waals surface area contributed by atoms with Crippen molar-refractivity contribution in [3.05, 3.63) is 50.6 Å². The molecule has 0 saturated heterocycles. The first-order valence-corrected chi connectivity index (χ1v) is 11.1. The second-order valence-electron chi connectivity index (χ2n) is 6.95. The SMILES string of the molecule is COC(=O)CSc1nnc2n(-c3ccccc3C)c(=O)c3c4c(sc3n12)CCC4. The summed E-state index contributed by atoms with van der Waals surface area (Å²) in [5.41, 5.74) is 2.86. The average Bonchev–Trinajstić information content (AvgIpc) is 3.41. The van der Waals surface area contributed by atoms with Crippen LogP contribution in [0.3, 0.4) is 0 Å². The fraction of sp³-hybridized carbons (Fsp3) is 0.300. The van der Waals surface area contributed by atoms with Gasteiger partial charge in [-0.3, -0.25) is 9.59 Å². The summed E-state index contributed by atoms with van der Waals surface area (Å²) in [6.07, 6.45) is 2.98. The maximum absolute atomic E-state index is 13.6. The lowest BCUT2D eigenvalue weighted by Gasteiger charge is -2.12. The molecule has 1 aromatic carbocycles. The predicted octanol–water partition coefficient (Wildman–Crippen LogP) is 3.16. The molecule has 0 aliphatic heterocycles. The molecule has 9 heteroatoms. The Morgan fingerprint density at radius 1 is 1.28 bits per heavy atom. The van der Waals surface area contributed by atoms with Gasteiger partial charge in [0.05, 0.1) is 23.9 Å². The van der Waals surface area contributed by atoms with Gasteiger partial charge >= 0.3 is 5.97 Å². The molecule has 0 spiro atoms. The Morgan fingerprint density at radius 2 is 2.10 bits per heavy atom. The van der Waals surface area contributed by atoms with Crippen LogP contribution < -0.4 is 5.56 Å². The molecule has 0 fully saturated rings. The predicted molar refractivity (Wildman–Crippen MR) is 113 cm³/mol. The molecule has 4 aromatic rings. The Labute approximate surface area is 174 Å². The largest absolute Gasteiger partial charge is 0.468 e. The van der Waals surface area contributed by atoms with E-state index < -0.39 is 0 Å². The molecule has 0 saturated carbocycles. The van der Waals surface area contributed by atoms with E-state index in [-0.39, 0.29) is 17.3 Å². The molecule has 5 rings (SSSR count). The van der Waals surface area contributed by atoms with Gasteiger partial charge in [0, 0.05) is 4.88 Å². The molecule has 7 nitrogen and oxygen atoms in total. The number of rotatable bonds is 4. The zero-order chi connectivity index (χ0) is 20.1. The number of aryl methyl sites for hydroxylation is 3. The van der Waals surface area contributed by atoms with Gasteiger partial charge in [0.25, 0.3) is 5.56 Å². The number of hydrogen-bond acceptors (Lipinski definition) is 7. The Bertz CT molecular complexity index is 1340. The normalized spacial score (nSPS) is 13.3. The smallest absolute Gasteiger partial charge is 0.316 e. The van der Waals surface area contributed by atoms with Gasteiger partial charge in [-0.15, -0.1) is 21.5 Å². The van der Waals surface area contributed by atoms with Crippen molar-refractivity contribution < 1.29 is 9.53 Å². The number of aromatic nitrogens is 4. The number of para-hydroxylation sites is 1. The number of carbonyl (C=O) groups is 1. The summed E-state index contributed by atoms with van der Waals surface area (Å²) in [7, 11) is 1.36. The molecule has 29 heavy (non-hydrogen) atoms. The van der Waals surface area contributed by atoms with Crippen molar-refractivity contribution in [3.63, 3.8) is 0 Å². The van der Waals surface area contributed by atoms with E-state index in [0.29, 0.717) is 10.9 Å². The maximum atomic E-state index is 13.6. The fourth-order valence-electron chi connectivity index (χ4n) is 3.86. The first-order valence-electron chi connectivity index (χ1n) is 9.30. The molecule has 0 amide bonds. The van der Waals surface area contributed by atoms with Crippen molar-refractivity contribution in [2.75, 3.05) is 12.9 Å². The molecule has 3 heterocycles. The van der Waals surface area contributed by atoms with Crippen LogP contribution in [0.2, 0.25) is 0 Å². The second-order valence-corrected chi connectivity index (χ2v) is 8.97. The Kier molecular flexibility index (Phi) is 4.44. The van der Waals surface area contributed by atoms with Gasteiger partial charge in [0.2, 0.25) is 5.78 Å². The third-order valence-electron chi connectivity index (χ3n) is 5.24. The molecule has 0 bridgehead atoms. The number of thioether (sulfide) groups is 1. The molecule has 0 N–H and O–H groups in total. The van der Waals surface area contributed by atoms with Crippen molar-refractivity contribution in [1.82, 2.24) is 19.2 Å². The zero-order valence-electron chi connectivity index (χ0n) is 16.0. The number of ether oxygens (including phenoxy) is 1. The monoisotopic (exact) mass is 426 g/mol. The number of carbonyl (C=O) groups excluding carboxylic acids is 1. The fourth-order valence-corrected chi connectivity index (χ4v) is 6.06. The Hall–Kier alpha value is -2.65. The quantitative estimate of drug-likeness (QED) is 0.368. The minimum atomic E-state index is -0.330. The summed E-state index contributed by atoms with van der Waals surface area (Å²) in [6, 6.07) is 7.76. The van der Waals surface area contributed by atoms with Gasteiger partial charge in [-0.2, -0.15) is 0 Å². The highest BCUT2D eigenvalue weighted by Gasteiger charge is 2.26. The highest BCUT2D eigenvalue weighted by Crippen LogP contribution is 2.37. The molecule has 0 radical (unpaired) electrons. The standard InChI is InChI=1S/C20H18N4O3S2/c1-11-6-3-4-8-13(11)23-17(26)16-12-7-5-9-14(12)29-18(16)24-19(23)21-22-20(24)28-10-15(25)27-2/h3-4,6,8H,5,7,9-10H2,1-2H3. The summed E-state index contributed by atoms with van der Waals surface area (Å²) in [5, 5.41) is 9.98. The summed E-state index contributed by atoms with van der Waals surface area (Å²) in [5.74, 6) is 0.265. The molecule has 148 valence electrons. The van der Waals surface area contributed by atoms with Gasteiger partial charge < -0.3 is 4.74 Å². The van der Waals surface area contributed by atoms with Gasteiger partial charge in [0.15, 0.2) is 5.16 Å². The lowest BCUT2D eigenvalue weighted by Crippen LogP contribution is -2.22.